The summed E-state index contributed by atoms with van der Waals surface area (Å²) in [7, 11) is 1.53. The summed E-state index contributed by atoms with van der Waals surface area (Å²) in [5, 5.41) is 9.55. The van der Waals surface area contributed by atoms with E-state index in [1.165, 1.54) is 11.9 Å². The Kier molecular flexibility index (Phi) is 11.8. The molecule has 11 heteroatoms. The van der Waals surface area contributed by atoms with Crippen molar-refractivity contribution in [1.29, 1.82) is 0 Å². The lowest BCUT2D eigenvalue weighted by molar-refractivity contribution is -0.128. The summed E-state index contributed by atoms with van der Waals surface area (Å²) in [5.41, 5.74) is 9.58. The lowest BCUT2D eigenvalue weighted by atomic mass is 10.0. The van der Waals surface area contributed by atoms with Crippen LogP contribution in [0.1, 0.15) is 36.0 Å². The molecule has 5 N–H and O–H groups in total. The number of rotatable bonds is 12. The van der Waals surface area contributed by atoms with E-state index in [2.05, 4.69) is 16.0 Å². The van der Waals surface area contributed by atoms with Crippen molar-refractivity contribution in [1.82, 2.24) is 16.0 Å². The molecule has 3 atom stereocenters. The minimum Gasteiger partial charge on any atom is -0.359 e. The number of halogens is 2. The van der Waals surface area contributed by atoms with Crippen molar-refractivity contribution in [3.63, 3.8) is 0 Å². The zero-order chi connectivity index (χ0) is 31.6. The van der Waals surface area contributed by atoms with Gasteiger partial charge in [-0.2, -0.15) is 0 Å². The van der Waals surface area contributed by atoms with Crippen LogP contribution in [0.3, 0.4) is 0 Å². The molecule has 0 bridgehead atoms. The molecule has 9 nitrogen and oxygen atoms in total. The van der Waals surface area contributed by atoms with Crippen molar-refractivity contribution in [2.45, 2.75) is 56.7 Å². The molecule has 0 unspecified atom stereocenters. The first-order valence-electron chi connectivity index (χ1n) is 14.5. The van der Waals surface area contributed by atoms with Gasteiger partial charge in [0, 0.05) is 47.7 Å². The van der Waals surface area contributed by atoms with Gasteiger partial charge < -0.3 is 26.6 Å². The Hall–Kier alpha value is -3.92. The fraction of sp³-hybridized carbons (Fsp3) is 0.333. The highest BCUT2D eigenvalue weighted by Gasteiger charge is 2.33. The average Bonchev–Trinajstić information content (AvgIpc) is 3.10. The van der Waals surface area contributed by atoms with Crippen LogP contribution in [-0.2, 0) is 38.4 Å². The van der Waals surface area contributed by atoms with E-state index < -0.39 is 24.0 Å². The number of fused-ring (bicyclic) bond motifs is 1. The van der Waals surface area contributed by atoms with Gasteiger partial charge >= 0.3 is 0 Å². The monoisotopic (exact) mass is 637 g/mol. The summed E-state index contributed by atoms with van der Waals surface area (Å²) in [6.07, 6.45) is 1.85. The maximum absolute atomic E-state index is 13.8. The van der Waals surface area contributed by atoms with Gasteiger partial charge in [0.15, 0.2) is 0 Å². The predicted octanol–water partition coefficient (Wildman–Crippen LogP) is 3.58. The van der Waals surface area contributed by atoms with Crippen molar-refractivity contribution in [2.24, 2.45) is 5.73 Å². The SMILES string of the molecule is CNC(=O)C[C@@H](Cc1cccc(Cl)c1)NC(=O)CN1C(=O)[C@@H](NC(=O)C[C@@H](N)Cc2ccc(Cl)cc2)CCc2ccccc21. The second-order valence-electron chi connectivity index (χ2n) is 11.0. The molecule has 0 radical (unpaired) electrons. The molecular weight excluding hydrogens is 601 g/mol. The maximum atomic E-state index is 13.8. The fourth-order valence-corrected chi connectivity index (χ4v) is 5.70. The molecule has 0 aromatic heterocycles. The topological polar surface area (TPSA) is 134 Å². The molecule has 0 spiro atoms. The van der Waals surface area contributed by atoms with Gasteiger partial charge in [0.25, 0.3) is 0 Å². The van der Waals surface area contributed by atoms with E-state index >= 15 is 0 Å². The van der Waals surface area contributed by atoms with Crippen LogP contribution >= 0.6 is 23.2 Å². The predicted molar refractivity (Wildman–Crippen MR) is 173 cm³/mol. The molecule has 1 heterocycles. The average molecular weight is 639 g/mol. The van der Waals surface area contributed by atoms with Crippen molar-refractivity contribution in [3.8, 4) is 0 Å². The van der Waals surface area contributed by atoms with E-state index in [4.69, 9.17) is 28.9 Å². The van der Waals surface area contributed by atoms with E-state index in [1.807, 2.05) is 36.4 Å². The van der Waals surface area contributed by atoms with E-state index in [0.29, 0.717) is 41.4 Å². The zero-order valence-electron chi connectivity index (χ0n) is 24.5. The maximum Gasteiger partial charge on any atom is 0.250 e. The number of benzene rings is 3. The number of nitrogens with two attached hydrogens (primary N) is 1. The third-order valence-electron chi connectivity index (χ3n) is 7.49. The normalized spacial score (nSPS) is 15.9. The third kappa shape index (κ3) is 9.54. The highest BCUT2D eigenvalue weighted by molar-refractivity contribution is 6.30. The van der Waals surface area contributed by atoms with Crippen molar-refractivity contribution < 1.29 is 19.2 Å². The molecule has 4 amide bonds. The second-order valence-corrected chi connectivity index (χ2v) is 11.9. The first-order chi connectivity index (χ1) is 21.1. The summed E-state index contributed by atoms with van der Waals surface area (Å²) in [6.45, 7) is -0.280. The molecule has 3 aromatic rings. The third-order valence-corrected chi connectivity index (χ3v) is 7.98. The summed E-state index contributed by atoms with van der Waals surface area (Å²) in [4.78, 5) is 53.9. The summed E-state index contributed by atoms with van der Waals surface area (Å²) < 4.78 is 0. The number of amides is 4. The minimum atomic E-state index is -0.835. The molecule has 0 fully saturated rings. The number of nitrogens with zero attached hydrogens (tertiary/aromatic N) is 1. The highest BCUT2D eigenvalue weighted by Crippen LogP contribution is 2.27. The molecule has 232 valence electrons. The number of hydrogen-bond acceptors (Lipinski definition) is 5. The lowest BCUT2D eigenvalue weighted by Gasteiger charge is -2.27. The van der Waals surface area contributed by atoms with Gasteiger partial charge in [0.1, 0.15) is 12.6 Å². The van der Waals surface area contributed by atoms with Gasteiger partial charge in [-0.1, -0.05) is 65.7 Å². The van der Waals surface area contributed by atoms with Crippen molar-refractivity contribution in [3.05, 3.63) is 99.5 Å². The minimum absolute atomic E-state index is 0.0323. The Morgan fingerprint density at radius 1 is 0.886 bits per heavy atom. The first kappa shape index (κ1) is 33.0. The second kappa shape index (κ2) is 15.7. The van der Waals surface area contributed by atoms with Gasteiger partial charge in [-0.15, -0.1) is 0 Å². The van der Waals surface area contributed by atoms with E-state index in [9.17, 15) is 19.2 Å². The molecule has 3 aromatic carbocycles. The molecule has 0 aliphatic carbocycles. The van der Waals surface area contributed by atoms with Crippen LogP contribution in [0.5, 0.6) is 0 Å². The molecule has 44 heavy (non-hydrogen) atoms. The van der Waals surface area contributed by atoms with E-state index in [-0.39, 0.29) is 37.1 Å². The molecule has 0 saturated heterocycles. The molecule has 1 aliphatic heterocycles. The number of anilines is 1. The van der Waals surface area contributed by atoms with Crippen molar-refractivity contribution >= 4 is 52.5 Å². The van der Waals surface area contributed by atoms with Crippen LogP contribution in [0.4, 0.5) is 5.69 Å². The zero-order valence-corrected chi connectivity index (χ0v) is 26.0. The molecular formula is C33H37Cl2N5O4. The Balaban J connectivity index is 1.44. The standard InChI is InChI=1S/C33H37Cl2N5O4/c1-37-30(41)19-27(17-22-5-4-7-25(35)15-22)38-32(43)20-40-29-8-3-2-6-23(29)11-14-28(33(40)44)39-31(42)18-26(36)16-21-9-12-24(34)13-10-21/h2-10,12-13,15,26-28H,11,14,16-20,36H2,1H3,(H,37,41)(H,38,43)(H,39,42)/t26-,27+,28-/m0/s1. The quantitative estimate of drug-likeness (QED) is 0.241. The Labute approximate surface area is 267 Å². The van der Waals surface area contributed by atoms with Gasteiger partial charge in [-0.3, -0.25) is 19.2 Å². The Morgan fingerprint density at radius 2 is 1.64 bits per heavy atom. The number of carbonyl (C=O) groups excluding carboxylic acids is 4. The van der Waals surface area contributed by atoms with Crippen LogP contribution < -0.4 is 26.6 Å². The highest BCUT2D eigenvalue weighted by atomic mass is 35.5. The number of hydrogen-bond donors (Lipinski definition) is 4. The fourth-order valence-electron chi connectivity index (χ4n) is 5.36. The summed E-state index contributed by atoms with van der Waals surface area (Å²) >= 11 is 12.1. The largest absolute Gasteiger partial charge is 0.359 e. The van der Waals surface area contributed by atoms with Gasteiger partial charge in [0.05, 0.1) is 0 Å². The molecule has 0 saturated carbocycles. The molecule has 1 aliphatic rings. The van der Waals surface area contributed by atoms with E-state index in [1.54, 1.807) is 36.4 Å². The van der Waals surface area contributed by atoms with Crippen LogP contribution in [0, 0.1) is 0 Å². The smallest absolute Gasteiger partial charge is 0.250 e. The van der Waals surface area contributed by atoms with Gasteiger partial charge in [-0.25, -0.2) is 0 Å². The first-order valence-corrected chi connectivity index (χ1v) is 15.3. The van der Waals surface area contributed by atoms with E-state index in [0.717, 1.165) is 16.7 Å². The Morgan fingerprint density at radius 3 is 2.36 bits per heavy atom. The van der Waals surface area contributed by atoms with Crippen molar-refractivity contribution in [2.75, 3.05) is 18.5 Å². The summed E-state index contributed by atoms with van der Waals surface area (Å²) in [6, 6.07) is 20.1. The number of carbonyl (C=O) groups is 4. The number of aryl methyl sites for hydroxylation is 1. The number of nitrogens with one attached hydrogen (secondary N) is 3. The van der Waals surface area contributed by atoms with Crippen LogP contribution in [0.2, 0.25) is 10.0 Å². The Bertz CT molecular complexity index is 1480. The summed E-state index contributed by atoms with van der Waals surface area (Å²) in [5.74, 6) is -1.39. The van der Waals surface area contributed by atoms with Gasteiger partial charge in [-0.05, 0) is 72.7 Å². The van der Waals surface area contributed by atoms with Gasteiger partial charge in [0.2, 0.25) is 23.6 Å². The van der Waals surface area contributed by atoms with Crippen LogP contribution in [0.25, 0.3) is 0 Å². The molecule has 4 rings (SSSR count). The lowest BCUT2D eigenvalue weighted by Crippen LogP contribution is -2.52. The van der Waals surface area contributed by atoms with Crippen LogP contribution in [0.15, 0.2) is 72.8 Å². The number of para-hydroxylation sites is 1. The van der Waals surface area contributed by atoms with Crippen LogP contribution in [-0.4, -0.2) is 55.3 Å².